The number of amides is 4. The van der Waals surface area contributed by atoms with Crippen LogP contribution in [0.4, 0.5) is 11.4 Å². The summed E-state index contributed by atoms with van der Waals surface area (Å²) in [7, 11) is 0. The molecule has 62 heavy (non-hydrogen) atoms. The van der Waals surface area contributed by atoms with E-state index in [1.807, 2.05) is 23.1 Å². The zero-order valence-electron chi connectivity index (χ0n) is 36.0. The van der Waals surface area contributed by atoms with E-state index in [1.54, 1.807) is 18.2 Å². The molecule has 13 nitrogen and oxygen atoms in total. The van der Waals surface area contributed by atoms with Crippen molar-refractivity contribution in [3.63, 3.8) is 0 Å². The van der Waals surface area contributed by atoms with Crippen molar-refractivity contribution >= 4 is 51.7 Å². The van der Waals surface area contributed by atoms with Crippen LogP contribution in [0.2, 0.25) is 0 Å². The number of rotatable bonds is 11. The zero-order valence-corrected chi connectivity index (χ0v) is 36.0. The van der Waals surface area contributed by atoms with Crippen LogP contribution in [0.5, 0.6) is 5.75 Å². The van der Waals surface area contributed by atoms with Crippen LogP contribution in [0.3, 0.4) is 0 Å². The van der Waals surface area contributed by atoms with Crippen molar-refractivity contribution in [1.29, 1.82) is 0 Å². The van der Waals surface area contributed by atoms with Gasteiger partial charge in [-0.3, -0.25) is 34.2 Å². The van der Waals surface area contributed by atoms with Crippen molar-refractivity contribution in [1.82, 2.24) is 25.0 Å². The number of hydrogen-bond acceptors (Lipinski definition) is 8. The maximum atomic E-state index is 14.1. The third-order valence-corrected chi connectivity index (χ3v) is 14.1. The van der Waals surface area contributed by atoms with Gasteiger partial charge in [-0.05, 0) is 86.4 Å². The monoisotopic (exact) mass is 837 g/mol. The van der Waals surface area contributed by atoms with Gasteiger partial charge in [0.15, 0.2) is 11.5 Å². The highest BCUT2D eigenvalue weighted by molar-refractivity contribution is 6.20. The zero-order chi connectivity index (χ0) is 43.3. The highest BCUT2D eigenvalue weighted by Crippen LogP contribution is 2.46. The number of aryl methyl sites for hydroxylation is 1. The lowest BCUT2D eigenvalue weighted by atomic mass is 9.70. The Hall–Kier alpha value is -6.00. The van der Waals surface area contributed by atoms with Gasteiger partial charge in [0.1, 0.15) is 11.8 Å². The molecule has 4 aromatic rings. The first-order chi connectivity index (χ1) is 30.0. The summed E-state index contributed by atoms with van der Waals surface area (Å²) in [4.78, 5) is 80.3. The lowest BCUT2D eigenvalue weighted by Crippen LogP contribution is -2.54. The standard InChI is InChI=1S/C49H55N7O6/c1-5-30-26-35-37(49(2,3)46-44(45(35)59)34-14-13-31(50-4)27-38(34)51-46)28-40(30)54-19-17-32(18-20-54)53-21-23-55(24-22-53)43(58)12-7-6-8-25-62-41-11-9-10-33-36(41)29-56(48(33)61)39-15-16-42(57)52-47(39)60/h9-11,13-14,26-28,32,39,51H,5-8,12,15-25,29H2,1-3H3,(H,52,57,60). The van der Waals surface area contributed by atoms with Gasteiger partial charge >= 0.3 is 0 Å². The summed E-state index contributed by atoms with van der Waals surface area (Å²) in [6.45, 7) is 19.9. The second kappa shape index (κ2) is 16.7. The lowest BCUT2D eigenvalue weighted by molar-refractivity contribution is -0.137. The number of piperazine rings is 1. The van der Waals surface area contributed by atoms with E-state index in [0.717, 1.165) is 117 Å². The number of H-pyrrole nitrogens is 1. The first kappa shape index (κ1) is 41.4. The van der Waals surface area contributed by atoms with Gasteiger partial charge in [-0.15, -0.1) is 0 Å². The van der Waals surface area contributed by atoms with Crippen LogP contribution < -0.4 is 15.0 Å². The SMILES string of the molecule is [C-]#[N+]c1ccc2c3c([nH]c2c1)C(C)(C)c1cc(N2CCC(N4CCN(C(=O)CCCCCOc5cccc6c5CN(C5CCC(=O)NC5=O)C6=O)CC4)CC2)c(CC)cc1C3=O. The number of nitrogens with zero attached hydrogens (tertiary/aromatic N) is 5. The number of unbranched alkanes of at least 4 members (excludes halogenated alkanes) is 2. The number of hydrogen-bond donors (Lipinski definition) is 2. The minimum Gasteiger partial charge on any atom is -0.493 e. The molecule has 0 spiro atoms. The molecule has 3 fully saturated rings. The van der Waals surface area contributed by atoms with E-state index in [1.165, 1.54) is 16.2 Å². The number of imide groups is 1. The highest BCUT2D eigenvalue weighted by Gasteiger charge is 2.42. The predicted molar refractivity (Wildman–Crippen MR) is 236 cm³/mol. The number of benzene rings is 3. The summed E-state index contributed by atoms with van der Waals surface area (Å²) < 4.78 is 6.12. The first-order valence-corrected chi connectivity index (χ1v) is 22.4. The quantitative estimate of drug-likeness (QED) is 0.0972. The summed E-state index contributed by atoms with van der Waals surface area (Å²) in [6, 6.07) is 15.2. The fourth-order valence-corrected chi connectivity index (χ4v) is 10.5. The van der Waals surface area contributed by atoms with E-state index in [9.17, 15) is 24.0 Å². The fraction of sp³-hybridized carbons (Fsp3) is 0.469. The Morgan fingerprint density at radius 1 is 0.919 bits per heavy atom. The van der Waals surface area contributed by atoms with Gasteiger partial charge in [-0.2, -0.15) is 0 Å². The number of carbonyl (C=O) groups excluding carboxylic acids is 5. The van der Waals surface area contributed by atoms with Crippen molar-refractivity contribution in [3.05, 3.63) is 99.0 Å². The Bertz CT molecular complexity index is 2520. The molecule has 13 heteroatoms. The summed E-state index contributed by atoms with van der Waals surface area (Å²) in [5, 5.41) is 3.22. The smallest absolute Gasteiger partial charge is 0.255 e. The molecule has 5 heterocycles. The molecule has 5 aliphatic rings. The molecule has 0 saturated carbocycles. The molecule has 2 N–H and O–H groups in total. The second-order valence-electron chi connectivity index (χ2n) is 18.0. The Morgan fingerprint density at radius 2 is 1.71 bits per heavy atom. The average Bonchev–Trinajstić information content (AvgIpc) is 3.85. The van der Waals surface area contributed by atoms with Gasteiger partial charge in [0, 0.05) is 103 Å². The van der Waals surface area contributed by atoms with E-state index < -0.39 is 17.4 Å². The number of anilines is 1. The number of fused-ring (bicyclic) bond motifs is 5. The maximum Gasteiger partial charge on any atom is 0.255 e. The average molecular weight is 838 g/mol. The minimum absolute atomic E-state index is 0.0502. The number of piperidine rings is 2. The van der Waals surface area contributed by atoms with Crippen molar-refractivity contribution < 1.29 is 28.7 Å². The molecule has 9 rings (SSSR count). The molecular formula is C49H55N7O6. The predicted octanol–water partition coefficient (Wildman–Crippen LogP) is 6.66. The summed E-state index contributed by atoms with van der Waals surface area (Å²) in [5.74, 6) is -0.0541. The number of ketones is 1. The highest BCUT2D eigenvalue weighted by atomic mass is 16.5. The topological polar surface area (TPSA) is 140 Å². The molecule has 3 aromatic carbocycles. The van der Waals surface area contributed by atoms with Gasteiger partial charge in [-0.1, -0.05) is 39.0 Å². The third-order valence-electron chi connectivity index (χ3n) is 14.1. The fourth-order valence-electron chi connectivity index (χ4n) is 10.5. The Morgan fingerprint density at radius 3 is 2.45 bits per heavy atom. The molecule has 1 atom stereocenters. The molecule has 4 aliphatic heterocycles. The number of aromatic amines is 1. The van der Waals surface area contributed by atoms with Crippen LogP contribution in [0.15, 0.2) is 48.5 Å². The Labute approximate surface area is 362 Å². The van der Waals surface area contributed by atoms with Crippen LogP contribution in [0, 0.1) is 6.57 Å². The van der Waals surface area contributed by atoms with Crippen LogP contribution in [-0.4, -0.2) is 107 Å². The normalized spacial score (nSPS) is 20.2. The molecule has 1 aliphatic carbocycles. The number of carbonyl (C=O) groups is 5. The largest absolute Gasteiger partial charge is 0.493 e. The molecular weight excluding hydrogens is 783 g/mol. The molecule has 322 valence electrons. The van der Waals surface area contributed by atoms with E-state index in [2.05, 4.69) is 57.8 Å². The number of nitrogens with one attached hydrogen (secondary N) is 2. The van der Waals surface area contributed by atoms with Crippen LogP contribution >= 0.6 is 0 Å². The van der Waals surface area contributed by atoms with E-state index in [0.29, 0.717) is 42.5 Å². The molecule has 0 radical (unpaired) electrons. The second-order valence-corrected chi connectivity index (χ2v) is 18.0. The van der Waals surface area contributed by atoms with Gasteiger partial charge < -0.3 is 24.4 Å². The van der Waals surface area contributed by atoms with Gasteiger partial charge in [0.2, 0.25) is 17.7 Å². The van der Waals surface area contributed by atoms with E-state index >= 15 is 0 Å². The van der Waals surface area contributed by atoms with Gasteiger partial charge in [0.05, 0.1) is 25.3 Å². The van der Waals surface area contributed by atoms with E-state index in [-0.39, 0.29) is 36.5 Å². The lowest BCUT2D eigenvalue weighted by Gasteiger charge is -2.44. The maximum absolute atomic E-state index is 14.1. The van der Waals surface area contributed by atoms with Crippen molar-refractivity contribution in [2.45, 2.75) is 103 Å². The molecule has 3 saturated heterocycles. The molecule has 4 amide bonds. The minimum atomic E-state index is -0.662. The molecule has 1 unspecified atom stereocenters. The molecule has 1 aromatic heterocycles. The summed E-state index contributed by atoms with van der Waals surface area (Å²) in [5.41, 5.74) is 8.16. The van der Waals surface area contributed by atoms with Crippen LogP contribution in [-0.2, 0) is 32.8 Å². The van der Waals surface area contributed by atoms with Gasteiger partial charge in [-0.25, -0.2) is 4.85 Å². The summed E-state index contributed by atoms with van der Waals surface area (Å²) in [6.07, 6.45) is 6.41. The van der Waals surface area contributed by atoms with Crippen LogP contribution in [0.25, 0.3) is 15.7 Å². The van der Waals surface area contributed by atoms with Crippen molar-refractivity contribution in [2.24, 2.45) is 0 Å². The van der Waals surface area contributed by atoms with Crippen LogP contribution in [0.1, 0.15) is 121 Å². The summed E-state index contributed by atoms with van der Waals surface area (Å²) >= 11 is 0. The van der Waals surface area contributed by atoms with Crippen molar-refractivity contribution in [2.75, 3.05) is 50.8 Å². The van der Waals surface area contributed by atoms with Gasteiger partial charge in [0.25, 0.3) is 5.91 Å². The number of aromatic nitrogens is 1. The Kier molecular flexibility index (Phi) is 11.1. The third kappa shape index (κ3) is 7.42. The number of ether oxygens (including phenoxy) is 1. The van der Waals surface area contributed by atoms with Crippen molar-refractivity contribution in [3.8, 4) is 5.75 Å². The Balaban J connectivity index is 0.728. The van der Waals surface area contributed by atoms with E-state index in [4.69, 9.17) is 11.3 Å². The molecule has 0 bridgehead atoms. The first-order valence-electron chi connectivity index (χ1n) is 22.4.